The lowest BCUT2D eigenvalue weighted by Crippen LogP contribution is -2.13. The van der Waals surface area contributed by atoms with Gasteiger partial charge in [-0.05, 0) is 31.2 Å². The molecule has 80 valence electrons. The zero-order valence-electron chi connectivity index (χ0n) is 9.07. The predicted octanol–water partition coefficient (Wildman–Crippen LogP) is 3.91. The van der Waals surface area contributed by atoms with Gasteiger partial charge in [0.15, 0.2) is 0 Å². The van der Waals surface area contributed by atoms with Crippen LogP contribution in [0, 0.1) is 6.92 Å². The smallest absolute Gasteiger partial charge is 0.121 e. The Balaban J connectivity index is 2.05. The van der Waals surface area contributed by atoms with Gasteiger partial charge in [0.2, 0.25) is 0 Å². The van der Waals surface area contributed by atoms with Crippen LogP contribution in [0.15, 0.2) is 11.4 Å². The molecule has 2 aromatic heterocycles. The van der Waals surface area contributed by atoms with E-state index in [2.05, 4.69) is 23.1 Å². The number of nitrogens with zero attached hydrogens (tertiary/aromatic N) is 2. The zero-order chi connectivity index (χ0) is 10.3. The van der Waals surface area contributed by atoms with Crippen LogP contribution in [0.3, 0.4) is 0 Å². The van der Waals surface area contributed by atoms with Gasteiger partial charge in [0, 0.05) is 5.39 Å². The Labute approximate surface area is 93.9 Å². The lowest BCUT2D eigenvalue weighted by Gasteiger charge is -2.22. The molecule has 1 aliphatic rings. The molecule has 3 rings (SSSR count). The standard InChI is InChI=1S/C12H16N2S/c1-9-11-7-8-15-12(11)14(13-9)10-5-3-2-4-6-10/h7-8,10H,2-6H2,1H3. The quantitative estimate of drug-likeness (QED) is 0.712. The highest BCUT2D eigenvalue weighted by Gasteiger charge is 2.19. The highest BCUT2D eigenvalue weighted by molar-refractivity contribution is 7.16. The molecule has 1 aliphatic carbocycles. The molecule has 0 radical (unpaired) electrons. The Kier molecular flexibility index (Phi) is 2.28. The Hall–Kier alpha value is -0.830. The number of aromatic nitrogens is 2. The van der Waals surface area contributed by atoms with Crippen LogP contribution in [0.5, 0.6) is 0 Å². The van der Waals surface area contributed by atoms with E-state index in [0.717, 1.165) is 0 Å². The van der Waals surface area contributed by atoms with Gasteiger partial charge in [0.25, 0.3) is 0 Å². The molecular weight excluding hydrogens is 204 g/mol. The highest BCUT2D eigenvalue weighted by Crippen LogP contribution is 2.33. The number of hydrogen-bond acceptors (Lipinski definition) is 2. The average molecular weight is 220 g/mol. The van der Waals surface area contributed by atoms with Crippen molar-refractivity contribution in [3.05, 3.63) is 17.1 Å². The molecule has 0 spiro atoms. The van der Waals surface area contributed by atoms with Gasteiger partial charge < -0.3 is 0 Å². The fourth-order valence-electron chi connectivity index (χ4n) is 2.59. The first-order valence-corrected chi connectivity index (χ1v) is 6.66. The molecule has 0 amide bonds. The number of fused-ring (bicyclic) bond motifs is 1. The second kappa shape index (κ2) is 3.63. The summed E-state index contributed by atoms with van der Waals surface area (Å²) in [4.78, 5) is 1.37. The molecule has 2 aromatic rings. The third-order valence-electron chi connectivity index (χ3n) is 3.42. The van der Waals surface area contributed by atoms with Crippen LogP contribution >= 0.6 is 11.3 Å². The summed E-state index contributed by atoms with van der Waals surface area (Å²) in [5.41, 5.74) is 1.19. The third kappa shape index (κ3) is 1.49. The lowest BCUT2D eigenvalue weighted by molar-refractivity contribution is 0.337. The van der Waals surface area contributed by atoms with Gasteiger partial charge in [-0.25, -0.2) is 0 Å². The van der Waals surface area contributed by atoms with Crippen LogP contribution < -0.4 is 0 Å². The van der Waals surface area contributed by atoms with E-state index in [0.29, 0.717) is 6.04 Å². The van der Waals surface area contributed by atoms with Crippen molar-refractivity contribution in [1.82, 2.24) is 9.78 Å². The molecular formula is C12H16N2S. The normalized spacial score (nSPS) is 18.7. The molecule has 0 bridgehead atoms. The van der Waals surface area contributed by atoms with Gasteiger partial charge in [-0.2, -0.15) is 5.10 Å². The topological polar surface area (TPSA) is 17.8 Å². The summed E-state index contributed by atoms with van der Waals surface area (Å²) < 4.78 is 2.29. The Morgan fingerprint density at radius 3 is 2.93 bits per heavy atom. The molecule has 3 heteroatoms. The van der Waals surface area contributed by atoms with Crippen LogP contribution in [-0.2, 0) is 0 Å². The molecule has 15 heavy (non-hydrogen) atoms. The Morgan fingerprint density at radius 1 is 1.33 bits per heavy atom. The Morgan fingerprint density at radius 2 is 2.13 bits per heavy atom. The van der Waals surface area contributed by atoms with Crippen molar-refractivity contribution in [1.29, 1.82) is 0 Å². The largest absolute Gasteiger partial charge is 0.251 e. The van der Waals surface area contributed by atoms with Gasteiger partial charge in [0.1, 0.15) is 4.83 Å². The van der Waals surface area contributed by atoms with E-state index in [-0.39, 0.29) is 0 Å². The third-order valence-corrected chi connectivity index (χ3v) is 4.32. The van der Waals surface area contributed by atoms with Gasteiger partial charge in [0.05, 0.1) is 11.7 Å². The van der Waals surface area contributed by atoms with Crippen LogP contribution in [-0.4, -0.2) is 9.78 Å². The van der Waals surface area contributed by atoms with Crippen molar-refractivity contribution >= 4 is 21.6 Å². The minimum atomic E-state index is 0.661. The molecule has 0 atom stereocenters. The van der Waals surface area contributed by atoms with E-state index in [9.17, 15) is 0 Å². The van der Waals surface area contributed by atoms with Crippen LogP contribution in [0.1, 0.15) is 43.8 Å². The molecule has 1 fully saturated rings. The van der Waals surface area contributed by atoms with Gasteiger partial charge >= 0.3 is 0 Å². The highest BCUT2D eigenvalue weighted by atomic mass is 32.1. The predicted molar refractivity (Wildman–Crippen MR) is 64.5 cm³/mol. The summed E-state index contributed by atoms with van der Waals surface area (Å²) >= 11 is 1.83. The van der Waals surface area contributed by atoms with Crippen molar-refractivity contribution in [2.45, 2.75) is 45.1 Å². The summed E-state index contributed by atoms with van der Waals surface area (Å²) in [5.74, 6) is 0. The van der Waals surface area contributed by atoms with E-state index in [1.165, 1.54) is 48.0 Å². The maximum absolute atomic E-state index is 4.70. The number of rotatable bonds is 1. The molecule has 2 heterocycles. The SMILES string of the molecule is Cc1nn(C2CCCCC2)c2sccc12. The lowest BCUT2D eigenvalue weighted by atomic mass is 9.96. The number of aryl methyl sites for hydroxylation is 1. The van der Waals surface area contributed by atoms with Gasteiger partial charge in [-0.1, -0.05) is 19.3 Å². The summed E-state index contributed by atoms with van der Waals surface area (Å²) in [6.45, 7) is 2.12. The van der Waals surface area contributed by atoms with Crippen LogP contribution in [0.2, 0.25) is 0 Å². The first kappa shape index (κ1) is 9.40. The number of thiophene rings is 1. The maximum Gasteiger partial charge on any atom is 0.121 e. The maximum atomic E-state index is 4.70. The van der Waals surface area contributed by atoms with Crippen molar-refractivity contribution < 1.29 is 0 Å². The first-order valence-electron chi connectivity index (χ1n) is 5.78. The van der Waals surface area contributed by atoms with Crippen LogP contribution in [0.25, 0.3) is 10.2 Å². The number of hydrogen-bond donors (Lipinski definition) is 0. The van der Waals surface area contributed by atoms with Crippen molar-refractivity contribution in [2.24, 2.45) is 0 Å². The van der Waals surface area contributed by atoms with Crippen molar-refractivity contribution in [2.75, 3.05) is 0 Å². The molecule has 0 aliphatic heterocycles. The second-order valence-electron chi connectivity index (χ2n) is 4.46. The first-order chi connectivity index (χ1) is 7.36. The van der Waals surface area contributed by atoms with Gasteiger partial charge in [-0.15, -0.1) is 11.3 Å². The van der Waals surface area contributed by atoms with Gasteiger partial charge in [-0.3, -0.25) is 4.68 Å². The summed E-state index contributed by atoms with van der Waals surface area (Å²) in [5, 5.41) is 8.23. The second-order valence-corrected chi connectivity index (χ2v) is 5.36. The van der Waals surface area contributed by atoms with Crippen molar-refractivity contribution in [3.63, 3.8) is 0 Å². The minimum Gasteiger partial charge on any atom is -0.251 e. The summed E-state index contributed by atoms with van der Waals surface area (Å²) in [7, 11) is 0. The zero-order valence-corrected chi connectivity index (χ0v) is 9.89. The van der Waals surface area contributed by atoms with E-state index >= 15 is 0 Å². The fourth-order valence-corrected chi connectivity index (χ4v) is 3.56. The van der Waals surface area contributed by atoms with E-state index < -0.39 is 0 Å². The van der Waals surface area contributed by atoms with E-state index in [1.54, 1.807) is 0 Å². The molecule has 0 saturated heterocycles. The molecule has 0 unspecified atom stereocenters. The Bertz CT molecular complexity index is 463. The molecule has 0 aromatic carbocycles. The average Bonchev–Trinajstić information content (AvgIpc) is 2.84. The van der Waals surface area contributed by atoms with Crippen LogP contribution in [0.4, 0.5) is 0 Å². The van der Waals surface area contributed by atoms with Crippen molar-refractivity contribution in [3.8, 4) is 0 Å². The molecule has 0 N–H and O–H groups in total. The monoisotopic (exact) mass is 220 g/mol. The summed E-state index contributed by atoms with van der Waals surface area (Å²) in [6.07, 6.45) is 6.78. The minimum absolute atomic E-state index is 0.661. The van der Waals surface area contributed by atoms with E-state index in [1.807, 2.05) is 11.3 Å². The fraction of sp³-hybridized carbons (Fsp3) is 0.583. The molecule has 1 saturated carbocycles. The molecule has 2 nitrogen and oxygen atoms in total. The van der Waals surface area contributed by atoms with E-state index in [4.69, 9.17) is 5.10 Å². The summed E-state index contributed by atoms with van der Waals surface area (Å²) in [6, 6.07) is 2.86.